The fraction of sp³-hybridized carbons (Fsp3) is 0.273. The number of hydrogen-bond acceptors (Lipinski definition) is 4. The van der Waals surface area contributed by atoms with Gasteiger partial charge in [0.05, 0.1) is 16.3 Å². The summed E-state index contributed by atoms with van der Waals surface area (Å²) in [6.45, 7) is 1.53. The number of amides is 1. The predicted octanol–water partition coefficient (Wildman–Crippen LogP) is 2.09. The standard InChI is InChI=1S/C11H11NO3S2/c1-7(11(14)15)12-8(5-16-6-10(12)13)9-3-2-4-17-9/h2-5,7H,6H2,1H3,(H,14,15). The van der Waals surface area contributed by atoms with Crippen molar-refractivity contribution in [2.24, 2.45) is 0 Å². The third-order valence-electron chi connectivity index (χ3n) is 2.45. The van der Waals surface area contributed by atoms with Crippen molar-refractivity contribution in [3.05, 3.63) is 27.8 Å². The van der Waals surface area contributed by atoms with Crippen LogP contribution in [0.4, 0.5) is 0 Å². The SMILES string of the molecule is CC(C(=O)O)N1C(=O)CSC=C1c1cccs1. The average molecular weight is 269 g/mol. The Hall–Kier alpha value is -1.27. The number of nitrogens with zero attached hydrogens (tertiary/aromatic N) is 1. The summed E-state index contributed by atoms with van der Waals surface area (Å²) < 4.78 is 0. The normalized spacial score (nSPS) is 17.8. The van der Waals surface area contributed by atoms with Gasteiger partial charge in [-0.25, -0.2) is 4.79 Å². The molecule has 2 rings (SSSR count). The molecular weight excluding hydrogens is 258 g/mol. The van der Waals surface area contributed by atoms with Crippen LogP contribution in [0.1, 0.15) is 11.8 Å². The summed E-state index contributed by atoms with van der Waals surface area (Å²) in [6, 6.07) is 2.93. The summed E-state index contributed by atoms with van der Waals surface area (Å²) in [4.78, 5) is 25.2. The molecule has 1 aromatic heterocycles. The summed E-state index contributed by atoms with van der Waals surface area (Å²) in [5, 5.41) is 12.8. The summed E-state index contributed by atoms with van der Waals surface area (Å²) in [6.07, 6.45) is 0. The highest BCUT2D eigenvalue weighted by molar-refractivity contribution is 8.03. The van der Waals surface area contributed by atoms with Crippen LogP contribution in [0, 0.1) is 0 Å². The van der Waals surface area contributed by atoms with Crippen LogP contribution in [0.3, 0.4) is 0 Å². The van der Waals surface area contributed by atoms with Crippen LogP contribution < -0.4 is 0 Å². The summed E-state index contributed by atoms with van der Waals surface area (Å²) >= 11 is 2.90. The molecule has 0 saturated carbocycles. The topological polar surface area (TPSA) is 57.6 Å². The highest BCUT2D eigenvalue weighted by atomic mass is 32.2. The lowest BCUT2D eigenvalue weighted by atomic mass is 10.2. The molecule has 90 valence electrons. The van der Waals surface area contributed by atoms with Crippen molar-refractivity contribution in [1.29, 1.82) is 0 Å². The second-order valence-corrected chi connectivity index (χ2v) is 5.37. The minimum atomic E-state index is -0.993. The van der Waals surface area contributed by atoms with Gasteiger partial charge in [-0.05, 0) is 23.8 Å². The molecule has 1 unspecified atom stereocenters. The van der Waals surface area contributed by atoms with E-state index in [4.69, 9.17) is 5.11 Å². The van der Waals surface area contributed by atoms with Crippen molar-refractivity contribution >= 4 is 40.7 Å². The van der Waals surface area contributed by atoms with Gasteiger partial charge in [-0.2, -0.15) is 0 Å². The average Bonchev–Trinajstić information content (AvgIpc) is 2.81. The molecule has 1 amide bonds. The maximum absolute atomic E-state index is 11.9. The first-order valence-electron chi connectivity index (χ1n) is 5.02. The Morgan fingerprint density at radius 2 is 2.35 bits per heavy atom. The number of carboxylic acid groups (broad SMARTS) is 1. The number of aliphatic carboxylic acids is 1. The Labute approximate surface area is 107 Å². The fourth-order valence-corrected chi connectivity index (χ4v) is 3.17. The van der Waals surface area contributed by atoms with E-state index in [2.05, 4.69) is 0 Å². The van der Waals surface area contributed by atoms with E-state index in [9.17, 15) is 9.59 Å². The molecule has 0 aliphatic carbocycles. The minimum Gasteiger partial charge on any atom is -0.480 e. The summed E-state index contributed by atoms with van der Waals surface area (Å²) in [7, 11) is 0. The van der Waals surface area contributed by atoms with Gasteiger partial charge < -0.3 is 5.11 Å². The Morgan fingerprint density at radius 1 is 1.59 bits per heavy atom. The Bertz CT molecular complexity index is 467. The highest BCUT2D eigenvalue weighted by Gasteiger charge is 2.31. The molecule has 1 N–H and O–H groups in total. The minimum absolute atomic E-state index is 0.157. The number of carboxylic acids is 1. The third-order valence-corrected chi connectivity index (χ3v) is 4.14. The van der Waals surface area contributed by atoms with Crippen LogP contribution in [-0.2, 0) is 9.59 Å². The van der Waals surface area contributed by atoms with Crippen molar-refractivity contribution in [2.45, 2.75) is 13.0 Å². The van der Waals surface area contributed by atoms with E-state index in [-0.39, 0.29) is 5.91 Å². The van der Waals surface area contributed by atoms with Crippen LogP contribution in [0.15, 0.2) is 22.9 Å². The van der Waals surface area contributed by atoms with Crippen molar-refractivity contribution in [3.8, 4) is 0 Å². The van der Waals surface area contributed by atoms with Gasteiger partial charge in [-0.3, -0.25) is 9.69 Å². The highest BCUT2D eigenvalue weighted by Crippen LogP contribution is 2.32. The molecule has 0 aromatic carbocycles. The summed E-state index contributed by atoms with van der Waals surface area (Å²) in [5.41, 5.74) is 0.691. The van der Waals surface area contributed by atoms with Crippen LogP contribution in [0.25, 0.3) is 5.70 Å². The van der Waals surface area contributed by atoms with Crippen LogP contribution in [-0.4, -0.2) is 33.7 Å². The molecule has 1 aliphatic rings. The largest absolute Gasteiger partial charge is 0.480 e. The fourth-order valence-electron chi connectivity index (χ4n) is 1.59. The lowest BCUT2D eigenvalue weighted by Gasteiger charge is -2.30. The smallest absolute Gasteiger partial charge is 0.326 e. The van der Waals surface area contributed by atoms with Crippen molar-refractivity contribution < 1.29 is 14.7 Å². The second kappa shape index (κ2) is 4.93. The first kappa shape index (κ1) is 12.2. The second-order valence-electron chi connectivity index (χ2n) is 3.57. The molecule has 0 spiro atoms. The predicted molar refractivity (Wildman–Crippen MR) is 68.7 cm³/mol. The van der Waals surface area contributed by atoms with Crippen LogP contribution in [0.2, 0.25) is 0 Å². The maximum atomic E-state index is 11.9. The van der Waals surface area contributed by atoms with Crippen LogP contribution in [0.5, 0.6) is 0 Å². The van der Waals surface area contributed by atoms with Gasteiger partial charge in [0.15, 0.2) is 0 Å². The van der Waals surface area contributed by atoms with E-state index in [1.165, 1.54) is 34.9 Å². The Morgan fingerprint density at radius 3 is 2.94 bits per heavy atom. The van der Waals surface area contributed by atoms with Crippen molar-refractivity contribution in [3.63, 3.8) is 0 Å². The zero-order valence-corrected chi connectivity index (χ0v) is 10.8. The Balaban J connectivity index is 2.38. The first-order valence-corrected chi connectivity index (χ1v) is 6.94. The molecule has 0 bridgehead atoms. The summed E-state index contributed by atoms with van der Waals surface area (Å²) in [5.74, 6) is -0.851. The molecule has 1 atom stereocenters. The van der Waals surface area contributed by atoms with Gasteiger partial charge in [0.25, 0.3) is 0 Å². The third kappa shape index (κ3) is 2.37. The molecule has 0 radical (unpaired) electrons. The molecule has 1 aliphatic heterocycles. The molecule has 4 nitrogen and oxygen atoms in total. The molecule has 6 heteroatoms. The zero-order valence-electron chi connectivity index (χ0n) is 9.12. The van der Waals surface area contributed by atoms with Gasteiger partial charge in [0.1, 0.15) is 6.04 Å². The van der Waals surface area contributed by atoms with Gasteiger partial charge >= 0.3 is 5.97 Å². The molecule has 17 heavy (non-hydrogen) atoms. The van der Waals surface area contributed by atoms with E-state index in [0.717, 1.165) is 4.88 Å². The van der Waals surface area contributed by atoms with Crippen molar-refractivity contribution in [2.75, 3.05) is 5.75 Å². The number of thiophene rings is 1. The lowest BCUT2D eigenvalue weighted by Crippen LogP contribution is -2.43. The van der Waals surface area contributed by atoms with Gasteiger partial charge in [0.2, 0.25) is 5.91 Å². The first-order chi connectivity index (χ1) is 8.11. The number of rotatable bonds is 3. The number of thioether (sulfide) groups is 1. The van der Waals surface area contributed by atoms with Gasteiger partial charge in [-0.15, -0.1) is 23.1 Å². The van der Waals surface area contributed by atoms with Crippen LogP contribution >= 0.6 is 23.1 Å². The quantitative estimate of drug-likeness (QED) is 0.913. The maximum Gasteiger partial charge on any atom is 0.326 e. The van der Waals surface area contributed by atoms with E-state index in [0.29, 0.717) is 11.4 Å². The van der Waals surface area contributed by atoms with Gasteiger partial charge in [0, 0.05) is 0 Å². The van der Waals surface area contributed by atoms with Crippen molar-refractivity contribution in [1.82, 2.24) is 4.90 Å². The van der Waals surface area contributed by atoms with E-state index in [1.807, 2.05) is 22.9 Å². The van der Waals surface area contributed by atoms with E-state index >= 15 is 0 Å². The van der Waals surface area contributed by atoms with E-state index in [1.54, 1.807) is 0 Å². The zero-order chi connectivity index (χ0) is 12.4. The monoisotopic (exact) mass is 269 g/mol. The number of carbonyl (C=O) groups is 2. The molecule has 2 heterocycles. The molecular formula is C11H11NO3S2. The lowest BCUT2D eigenvalue weighted by molar-refractivity contribution is -0.145. The van der Waals surface area contributed by atoms with E-state index < -0.39 is 12.0 Å². The molecule has 0 fully saturated rings. The number of hydrogen-bond donors (Lipinski definition) is 1. The molecule has 1 aromatic rings. The Kier molecular flexibility index (Phi) is 3.54. The number of carbonyl (C=O) groups excluding carboxylic acids is 1. The molecule has 0 saturated heterocycles. The van der Waals surface area contributed by atoms with Gasteiger partial charge in [-0.1, -0.05) is 6.07 Å².